The van der Waals surface area contributed by atoms with Crippen molar-refractivity contribution in [3.63, 3.8) is 0 Å². The van der Waals surface area contributed by atoms with Gasteiger partial charge in [-0.1, -0.05) is 45.4 Å². The van der Waals surface area contributed by atoms with Gasteiger partial charge in [-0.15, -0.1) is 0 Å². The Labute approximate surface area is 110 Å². The molecule has 1 heterocycles. The van der Waals surface area contributed by atoms with E-state index in [1.54, 1.807) is 6.33 Å². The number of aromatic nitrogens is 3. The highest BCUT2D eigenvalue weighted by Gasteiger charge is 2.10. The van der Waals surface area contributed by atoms with Crippen molar-refractivity contribution in [3.05, 3.63) is 12.2 Å². The molecule has 3 N–H and O–H groups in total. The summed E-state index contributed by atoms with van der Waals surface area (Å²) in [5, 5.41) is 4.07. The van der Waals surface area contributed by atoms with E-state index in [4.69, 9.17) is 5.84 Å². The van der Waals surface area contributed by atoms with Gasteiger partial charge in [-0.05, 0) is 6.42 Å². The van der Waals surface area contributed by atoms with E-state index < -0.39 is 0 Å². The van der Waals surface area contributed by atoms with Gasteiger partial charge in [0.25, 0.3) is 0 Å². The van der Waals surface area contributed by atoms with E-state index in [9.17, 15) is 0 Å². The first-order valence-corrected chi connectivity index (χ1v) is 7.07. The fourth-order valence-electron chi connectivity index (χ4n) is 2.14. The predicted molar refractivity (Wildman–Crippen MR) is 73.8 cm³/mol. The molecule has 1 aromatic heterocycles. The van der Waals surface area contributed by atoms with Gasteiger partial charge in [0.05, 0.1) is 0 Å². The number of nitrogens with two attached hydrogens (primary N) is 1. The quantitative estimate of drug-likeness (QED) is 0.380. The lowest BCUT2D eigenvalue weighted by Crippen LogP contribution is -2.37. The molecule has 104 valence electrons. The van der Waals surface area contributed by atoms with Crippen LogP contribution < -0.4 is 11.3 Å². The molecule has 1 aromatic rings. The summed E-state index contributed by atoms with van der Waals surface area (Å²) in [6.07, 6.45) is 11.4. The zero-order chi connectivity index (χ0) is 13.2. The molecule has 0 fully saturated rings. The second kappa shape index (κ2) is 9.05. The van der Waals surface area contributed by atoms with Gasteiger partial charge in [-0.3, -0.25) is 16.0 Å². The maximum Gasteiger partial charge on any atom is 0.138 e. The lowest BCUT2D eigenvalue weighted by atomic mass is 10.0. The van der Waals surface area contributed by atoms with Gasteiger partial charge in [0, 0.05) is 19.5 Å². The summed E-state index contributed by atoms with van der Waals surface area (Å²) in [6, 6.07) is 0.305. The van der Waals surface area contributed by atoms with Crippen molar-refractivity contribution >= 4 is 0 Å². The van der Waals surface area contributed by atoms with Gasteiger partial charge >= 0.3 is 0 Å². The lowest BCUT2D eigenvalue weighted by molar-refractivity contribution is 0.446. The van der Waals surface area contributed by atoms with Gasteiger partial charge in [-0.2, -0.15) is 5.10 Å². The number of unbranched alkanes of at least 4 members (excludes halogenated alkanes) is 5. The average molecular weight is 253 g/mol. The van der Waals surface area contributed by atoms with Crippen LogP contribution in [0.2, 0.25) is 0 Å². The number of aryl methyl sites for hydroxylation is 1. The summed E-state index contributed by atoms with van der Waals surface area (Å²) in [6.45, 7) is 2.25. The molecule has 0 spiro atoms. The fraction of sp³-hybridized carbons (Fsp3) is 0.846. The highest BCUT2D eigenvalue weighted by molar-refractivity contribution is 4.88. The van der Waals surface area contributed by atoms with Crippen LogP contribution in [0.4, 0.5) is 0 Å². The van der Waals surface area contributed by atoms with Crippen molar-refractivity contribution in [1.29, 1.82) is 0 Å². The average Bonchev–Trinajstić information content (AvgIpc) is 2.77. The van der Waals surface area contributed by atoms with Crippen LogP contribution in [0.1, 0.15) is 57.7 Å². The molecule has 5 nitrogen and oxygen atoms in total. The molecule has 0 bridgehead atoms. The Kier molecular flexibility index (Phi) is 7.60. The summed E-state index contributed by atoms with van der Waals surface area (Å²) in [5.41, 5.74) is 2.89. The van der Waals surface area contributed by atoms with Crippen LogP contribution in [0.25, 0.3) is 0 Å². The second-order valence-electron chi connectivity index (χ2n) is 4.92. The number of hydrogen-bond donors (Lipinski definition) is 2. The number of hydrazine groups is 1. The fourth-order valence-corrected chi connectivity index (χ4v) is 2.14. The summed E-state index contributed by atoms with van der Waals surface area (Å²) < 4.78 is 1.81. The van der Waals surface area contributed by atoms with E-state index in [1.165, 1.54) is 38.5 Å². The maximum atomic E-state index is 5.59. The number of hydrogen-bond acceptors (Lipinski definition) is 4. The largest absolute Gasteiger partial charge is 0.271 e. The molecule has 1 atom stereocenters. The molecule has 1 rings (SSSR count). The Morgan fingerprint density at radius 3 is 2.61 bits per heavy atom. The van der Waals surface area contributed by atoms with Crippen molar-refractivity contribution in [2.45, 2.75) is 64.3 Å². The van der Waals surface area contributed by atoms with Crippen LogP contribution in [-0.4, -0.2) is 20.8 Å². The molecule has 0 aromatic carbocycles. The minimum Gasteiger partial charge on any atom is -0.271 e. The van der Waals surface area contributed by atoms with E-state index in [1.807, 2.05) is 11.7 Å². The molecule has 18 heavy (non-hydrogen) atoms. The SMILES string of the molecule is CCCCCCCCC(Cc1ncnn1C)NN. The van der Waals surface area contributed by atoms with Gasteiger partial charge in [0.2, 0.25) is 0 Å². The van der Waals surface area contributed by atoms with Gasteiger partial charge in [0.1, 0.15) is 12.2 Å². The zero-order valence-corrected chi connectivity index (χ0v) is 11.7. The van der Waals surface area contributed by atoms with E-state index >= 15 is 0 Å². The first-order valence-electron chi connectivity index (χ1n) is 7.07. The zero-order valence-electron chi connectivity index (χ0n) is 11.7. The topological polar surface area (TPSA) is 68.8 Å². The van der Waals surface area contributed by atoms with E-state index in [2.05, 4.69) is 22.4 Å². The molecular formula is C13H27N5. The highest BCUT2D eigenvalue weighted by Crippen LogP contribution is 2.10. The van der Waals surface area contributed by atoms with Crippen molar-refractivity contribution in [2.75, 3.05) is 0 Å². The Hall–Kier alpha value is -0.940. The van der Waals surface area contributed by atoms with Crippen molar-refractivity contribution in [3.8, 4) is 0 Å². The first-order chi connectivity index (χ1) is 8.77. The minimum absolute atomic E-state index is 0.305. The van der Waals surface area contributed by atoms with Gasteiger partial charge < -0.3 is 0 Å². The third-order valence-electron chi connectivity index (χ3n) is 3.38. The Morgan fingerprint density at radius 1 is 1.28 bits per heavy atom. The van der Waals surface area contributed by atoms with Crippen LogP contribution in [0.15, 0.2) is 6.33 Å². The maximum absolute atomic E-state index is 5.59. The molecular weight excluding hydrogens is 226 g/mol. The summed E-state index contributed by atoms with van der Waals surface area (Å²) in [5.74, 6) is 6.58. The van der Waals surface area contributed by atoms with Crippen LogP contribution in [-0.2, 0) is 13.5 Å². The Balaban J connectivity index is 2.16. The highest BCUT2D eigenvalue weighted by atomic mass is 15.3. The second-order valence-corrected chi connectivity index (χ2v) is 4.92. The molecule has 0 radical (unpaired) electrons. The number of nitrogens with zero attached hydrogens (tertiary/aromatic N) is 3. The molecule has 1 unspecified atom stereocenters. The molecule has 5 heteroatoms. The Bertz CT molecular complexity index is 310. The lowest BCUT2D eigenvalue weighted by Gasteiger charge is -2.14. The summed E-state index contributed by atoms with van der Waals surface area (Å²) in [7, 11) is 1.92. The van der Waals surface area contributed by atoms with Crippen LogP contribution in [0.5, 0.6) is 0 Å². The van der Waals surface area contributed by atoms with E-state index in [0.717, 1.165) is 18.7 Å². The van der Waals surface area contributed by atoms with Crippen molar-refractivity contribution in [2.24, 2.45) is 12.9 Å². The number of rotatable bonds is 10. The molecule has 0 saturated carbocycles. The van der Waals surface area contributed by atoms with Gasteiger partial charge in [0.15, 0.2) is 0 Å². The van der Waals surface area contributed by atoms with E-state index in [0.29, 0.717) is 6.04 Å². The monoisotopic (exact) mass is 253 g/mol. The minimum atomic E-state index is 0.305. The summed E-state index contributed by atoms with van der Waals surface area (Å²) in [4.78, 5) is 4.23. The molecule has 0 aliphatic rings. The molecule has 0 amide bonds. The standard InChI is InChI=1S/C13H27N5/c1-3-4-5-6-7-8-9-12(17-14)10-13-15-11-16-18(13)2/h11-12,17H,3-10,14H2,1-2H3. The third kappa shape index (κ3) is 5.60. The van der Waals surface area contributed by atoms with Crippen molar-refractivity contribution in [1.82, 2.24) is 20.2 Å². The normalized spacial score (nSPS) is 12.8. The smallest absolute Gasteiger partial charge is 0.138 e. The number of nitrogens with one attached hydrogen (secondary N) is 1. The van der Waals surface area contributed by atoms with Crippen LogP contribution in [0.3, 0.4) is 0 Å². The third-order valence-corrected chi connectivity index (χ3v) is 3.38. The van der Waals surface area contributed by atoms with Gasteiger partial charge in [-0.25, -0.2) is 4.98 Å². The van der Waals surface area contributed by atoms with Crippen LogP contribution >= 0.6 is 0 Å². The van der Waals surface area contributed by atoms with E-state index in [-0.39, 0.29) is 0 Å². The predicted octanol–water partition coefficient (Wildman–Crippen LogP) is 1.94. The summed E-state index contributed by atoms with van der Waals surface area (Å²) >= 11 is 0. The molecule has 0 saturated heterocycles. The molecule has 0 aliphatic carbocycles. The van der Waals surface area contributed by atoms with Crippen molar-refractivity contribution < 1.29 is 0 Å². The molecule has 0 aliphatic heterocycles. The van der Waals surface area contributed by atoms with Crippen LogP contribution in [0, 0.1) is 0 Å². The first kappa shape index (κ1) is 15.1. The Morgan fingerprint density at radius 2 is 2.00 bits per heavy atom.